The number of esters is 1. The Balaban J connectivity index is 1.45. The highest BCUT2D eigenvalue weighted by atomic mass is 16.6. The number of carbonyl (C=O) groups excluding carboxylic acids is 5. The maximum Gasteiger partial charge on any atom is 0.421 e. The van der Waals surface area contributed by atoms with Gasteiger partial charge in [0.15, 0.2) is 0 Å². The molecule has 0 saturated carbocycles. The van der Waals surface area contributed by atoms with Gasteiger partial charge >= 0.3 is 18.1 Å². The third-order valence-electron chi connectivity index (χ3n) is 12.7. The van der Waals surface area contributed by atoms with Crippen LogP contribution in [0.15, 0.2) is 103 Å². The molecule has 4 N–H and O–H groups in total. The minimum atomic E-state index is -1.99. The Morgan fingerprint density at radius 3 is 2.17 bits per heavy atom. The number of amides is 5. The summed E-state index contributed by atoms with van der Waals surface area (Å²) in [5, 5.41) is 12.0. The molecule has 4 aliphatic rings. The number of nitrogens with zero attached hydrogens (tertiary/aromatic N) is 3. The van der Waals surface area contributed by atoms with Crippen molar-refractivity contribution in [1.82, 2.24) is 15.1 Å². The average Bonchev–Trinajstić information content (AvgIpc) is 3.76. The largest absolute Gasteiger partial charge is 0.491 e. The predicted molar refractivity (Wildman–Crippen MR) is 238 cm³/mol. The lowest BCUT2D eigenvalue weighted by Crippen LogP contribution is -2.56. The number of likely N-dealkylation sites (tertiary alicyclic amines) is 1. The third-order valence-corrected chi connectivity index (χ3v) is 12.7. The number of cyclic esters (lactones) is 1. The van der Waals surface area contributed by atoms with E-state index in [1.54, 1.807) is 47.4 Å². The molecule has 4 aliphatic heterocycles. The van der Waals surface area contributed by atoms with E-state index in [9.17, 15) is 14.7 Å². The molecule has 4 aromatic carbocycles. The van der Waals surface area contributed by atoms with E-state index in [4.69, 9.17) is 24.7 Å². The van der Waals surface area contributed by atoms with Crippen LogP contribution in [0.1, 0.15) is 78.1 Å². The number of benzene rings is 4. The normalized spacial score (nSPS) is 23.9. The van der Waals surface area contributed by atoms with Gasteiger partial charge in [-0.25, -0.2) is 14.5 Å². The molecule has 0 aromatic heterocycles. The molecule has 15 heteroatoms. The lowest BCUT2D eigenvalue weighted by molar-refractivity contribution is -0.179. The van der Waals surface area contributed by atoms with E-state index in [0.29, 0.717) is 41.1 Å². The van der Waals surface area contributed by atoms with Crippen LogP contribution in [-0.4, -0.2) is 104 Å². The molecular weight excluding hydrogens is 831 g/mol. The van der Waals surface area contributed by atoms with Crippen LogP contribution in [0.2, 0.25) is 0 Å². The number of urea groups is 1. The quantitative estimate of drug-likeness (QED) is 0.100. The number of aliphatic hydroxyl groups is 1. The molecule has 3 fully saturated rings. The number of imide groups is 1. The second-order valence-corrected chi connectivity index (χ2v) is 16.5. The molecule has 1 spiro atoms. The van der Waals surface area contributed by atoms with Gasteiger partial charge in [-0.1, -0.05) is 104 Å². The number of methoxy groups -OCH3 is 1. The highest BCUT2D eigenvalue weighted by Crippen LogP contribution is 2.66. The number of rotatable bonds is 11. The summed E-state index contributed by atoms with van der Waals surface area (Å²) in [4.78, 5) is 78.5. The smallest absolute Gasteiger partial charge is 0.421 e. The van der Waals surface area contributed by atoms with Crippen molar-refractivity contribution >= 4 is 35.6 Å². The van der Waals surface area contributed by atoms with E-state index in [0.717, 1.165) is 42.6 Å². The van der Waals surface area contributed by atoms with Crippen molar-refractivity contribution in [1.29, 1.82) is 0 Å². The SMILES string of the molecule is COCCOC(=O)N1C(=O)[C@@]2(c3cc(C#CCNC(N)=O)ccc31)[C@H](c1ccc(OCCO)cc1)N1[C@H](c3ccccc3)[C@H](c3ccccc3)OC(=O)[C@H]1[C@@H]2C(=O)N1CCCCCCC1. The summed E-state index contributed by atoms with van der Waals surface area (Å²) in [6, 6.07) is 26.9. The fraction of sp³-hybridized carbons (Fsp3) is 0.380. The molecule has 0 aliphatic carbocycles. The highest BCUT2D eigenvalue weighted by molar-refractivity contribution is 6.23. The Morgan fingerprint density at radius 1 is 0.831 bits per heavy atom. The number of hydrogen-bond donors (Lipinski definition) is 3. The fourth-order valence-corrected chi connectivity index (χ4v) is 10.1. The maximum absolute atomic E-state index is 16.4. The van der Waals surface area contributed by atoms with Gasteiger partial charge in [0.25, 0.3) is 0 Å². The summed E-state index contributed by atoms with van der Waals surface area (Å²) in [6.07, 6.45) is 2.44. The van der Waals surface area contributed by atoms with Crippen molar-refractivity contribution < 1.29 is 48.0 Å². The Bertz CT molecular complexity index is 2430. The summed E-state index contributed by atoms with van der Waals surface area (Å²) >= 11 is 0. The minimum Gasteiger partial charge on any atom is -0.491 e. The first-order chi connectivity index (χ1) is 31.7. The number of nitrogens with two attached hydrogens (primary N) is 1. The zero-order chi connectivity index (χ0) is 45.5. The summed E-state index contributed by atoms with van der Waals surface area (Å²) < 4.78 is 23.3. The molecule has 4 aromatic rings. The van der Waals surface area contributed by atoms with Gasteiger partial charge in [0.2, 0.25) is 11.8 Å². The van der Waals surface area contributed by atoms with Crippen LogP contribution >= 0.6 is 0 Å². The van der Waals surface area contributed by atoms with Crippen LogP contribution in [-0.2, 0) is 34.0 Å². The number of hydrogen-bond acceptors (Lipinski definition) is 11. The zero-order valence-electron chi connectivity index (χ0n) is 36.2. The van der Waals surface area contributed by atoms with E-state index in [1.165, 1.54) is 7.11 Å². The molecule has 0 unspecified atom stereocenters. The number of carbonyl (C=O) groups is 5. The van der Waals surface area contributed by atoms with E-state index < -0.39 is 65.5 Å². The number of nitrogens with one attached hydrogen (secondary N) is 1. The van der Waals surface area contributed by atoms with Crippen LogP contribution in [0.5, 0.6) is 5.75 Å². The lowest BCUT2D eigenvalue weighted by Gasteiger charge is -2.46. The molecule has 0 radical (unpaired) electrons. The highest BCUT2D eigenvalue weighted by Gasteiger charge is 2.76. The number of primary amides is 1. The molecule has 3 saturated heterocycles. The maximum atomic E-state index is 16.4. The van der Waals surface area contributed by atoms with Crippen LogP contribution < -0.4 is 20.7 Å². The van der Waals surface area contributed by atoms with E-state index in [2.05, 4.69) is 17.2 Å². The molecule has 15 nitrogen and oxygen atoms in total. The fourth-order valence-electron chi connectivity index (χ4n) is 10.1. The molecule has 65 heavy (non-hydrogen) atoms. The lowest BCUT2D eigenvalue weighted by atomic mass is 9.64. The van der Waals surface area contributed by atoms with Crippen molar-refractivity contribution in [3.63, 3.8) is 0 Å². The van der Waals surface area contributed by atoms with E-state index >= 15 is 14.4 Å². The molecule has 8 rings (SSSR count). The van der Waals surface area contributed by atoms with Crippen LogP contribution in [0.4, 0.5) is 15.3 Å². The summed E-state index contributed by atoms with van der Waals surface area (Å²) in [7, 11) is 1.46. The first-order valence-electron chi connectivity index (χ1n) is 22.1. The van der Waals surface area contributed by atoms with Gasteiger partial charge in [0.1, 0.15) is 36.5 Å². The summed E-state index contributed by atoms with van der Waals surface area (Å²) in [5.41, 5.74) is 6.22. The first kappa shape index (κ1) is 44.9. The van der Waals surface area contributed by atoms with Gasteiger partial charge in [-0.15, -0.1) is 0 Å². The molecule has 5 amide bonds. The summed E-state index contributed by atoms with van der Waals surface area (Å²) in [5.74, 6) is 3.11. The number of aliphatic hydroxyl groups excluding tert-OH is 1. The van der Waals surface area contributed by atoms with Crippen LogP contribution in [0, 0.1) is 17.8 Å². The van der Waals surface area contributed by atoms with Gasteiger partial charge in [-0.3, -0.25) is 19.3 Å². The number of fused-ring (bicyclic) bond motifs is 3. The Hall–Kier alpha value is -6.73. The summed E-state index contributed by atoms with van der Waals surface area (Å²) in [6.45, 7) is 0.471. The zero-order valence-corrected chi connectivity index (χ0v) is 36.2. The van der Waals surface area contributed by atoms with Gasteiger partial charge in [0, 0.05) is 25.8 Å². The molecule has 338 valence electrons. The standard InChI is InChI=1S/C50H53N5O10/c1-62-30-31-64-49(61)54-39-24-19-33(14-13-25-52-48(51)60)32-38(39)50(47(54)59)40(45(57)53-26-11-3-2-4-12-27-53)42-46(58)65-43(35-17-9-6-10-18-35)41(34-15-7-5-8-16-34)55(42)44(50)36-20-22-37(23-21-36)63-29-28-56/h5-10,15-24,32,40-44,56H,2-4,11-12,25-31H2,1H3,(H3,51,52,60)/t40-,41-,42-,43+,44+,50-/m1/s1. The van der Waals surface area contributed by atoms with Gasteiger partial charge in [0.05, 0.1) is 43.4 Å². The van der Waals surface area contributed by atoms with Crippen molar-refractivity contribution in [3.05, 3.63) is 131 Å². The van der Waals surface area contributed by atoms with Crippen LogP contribution in [0.25, 0.3) is 0 Å². The molecule has 0 bridgehead atoms. The number of ether oxygens (including phenoxy) is 4. The molecular formula is C50H53N5O10. The molecule has 4 heterocycles. The predicted octanol–water partition coefficient (Wildman–Crippen LogP) is 5.32. The second-order valence-electron chi connectivity index (χ2n) is 16.5. The topological polar surface area (TPSA) is 190 Å². The first-order valence-corrected chi connectivity index (χ1v) is 22.1. The van der Waals surface area contributed by atoms with Crippen molar-refractivity contribution in [2.75, 3.05) is 58.1 Å². The number of anilines is 1. The minimum absolute atomic E-state index is 0.0405. The van der Waals surface area contributed by atoms with Crippen molar-refractivity contribution in [2.45, 2.75) is 61.7 Å². The van der Waals surface area contributed by atoms with Gasteiger partial charge < -0.3 is 40.0 Å². The Labute approximate surface area is 377 Å². The van der Waals surface area contributed by atoms with Gasteiger partial charge in [-0.05, 0) is 65.4 Å². The third kappa shape index (κ3) is 8.64. The van der Waals surface area contributed by atoms with Crippen LogP contribution in [0.3, 0.4) is 0 Å². The van der Waals surface area contributed by atoms with E-state index in [-0.39, 0.29) is 38.7 Å². The van der Waals surface area contributed by atoms with E-state index in [1.807, 2.05) is 65.6 Å². The van der Waals surface area contributed by atoms with Gasteiger partial charge in [-0.2, -0.15) is 0 Å². The second kappa shape index (κ2) is 20.0. The average molecular weight is 884 g/mol. The Morgan fingerprint density at radius 2 is 1.51 bits per heavy atom. The Kier molecular flexibility index (Phi) is 13.8. The van der Waals surface area contributed by atoms with Crippen molar-refractivity contribution in [3.8, 4) is 17.6 Å². The number of morpholine rings is 1. The monoisotopic (exact) mass is 883 g/mol. The van der Waals surface area contributed by atoms with Crippen molar-refractivity contribution in [2.24, 2.45) is 11.7 Å². The molecule has 6 atom stereocenters.